The molecule has 4 rings (SSSR count). The van der Waals surface area contributed by atoms with E-state index in [1.165, 1.54) is 27.6 Å². The number of para-hydroxylation sites is 1. The van der Waals surface area contributed by atoms with E-state index in [4.69, 9.17) is 0 Å². The molecule has 142 valence electrons. The lowest BCUT2D eigenvalue weighted by molar-refractivity contribution is -0.130. The van der Waals surface area contributed by atoms with Crippen molar-refractivity contribution in [3.63, 3.8) is 0 Å². The van der Waals surface area contributed by atoms with Crippen molar-refractivity contribution in [1.29, 1.82) is 0 Å². The van der Waals surface area contributed by atoms with Crippen LogP contribution >= 0.6 is 0 Å². The van der Waals surface area contributed by atoms with Crippen LogP contribution in [0, 0.1) is 6.92 Å². The van der Waals surface area contributed by atoms with Crippen LogP contribution in [-0.4, -0.2) is 34.7 Å². The van der Waals surface area contributed by atoms with E-state index in [0.29, 0.717) is 18.7 Å². The zero-order valence-corrected chi connectivity index (χ0v) is 16.1. The van der Waals surface area contributed by atoms with Crippen LogP contribution in [0.2, 0.25) is 0 Å². The Hall–Kier alpha value is -3.14. The zero-order valence-electron chi connectivity index (χ0n) is 16.1. The summed E-state index contributed by atoms with van der Waals surface area (Å²) >= 11 is 0. The molecule has 3 aromatic rings. The smallest absolute Gasteiger partial charge is 0.223 e. The highest BCUT2D eigenvalue weighted by Gasteiger charge is 2.20. The third kappa shape index (κ3) is 3.63. The van der Waals surface area contributed by atoms with E-state index in [1.807, 2.05) is 23.1 Å². The number of aromatic amines is 1. The number of carbonyl (C=O) groups is 2. The lowest BCUT2D eigenvalue weighted by Gasteiger charge is -2.26. The number of amides is 1. The van der Waals surface area contributed by atoms with Gasteiger partial charge >= 0.3 is 0 Å². The molecule has 0 aliphatic carbocycles. The number of carbonyl (C=O) groups excluding carboxylic acids is 2. The third-order valence-electron chi connectivity index (χ3n) is 5.49. The fraction of sp³-hybridized carbons (Fsp3) is 0.250. The Morgan fingerprint density at radius 2 is 1.86 bits per heavy atom. The molecule has 0 fully saturated rings. The number of H-pyrrole nitrogens is 1. The largest absolute Gasteiger partial charge is 0.360 e. The van der Waals surface area contributed by atoms with Gasteiger partial charge in [-0.3, -0.25) is 9.59 Å². The monoisotopic (exact) mass is 372 g/mol. The average molecular weight is 372 g/mol. The lowest BCUT2D eigenvalue weighted by Crippen LogP contribution is -2.34. The Morgan fingerprint density at radius 3 is 2.61 bits per heavy atom. The molecular weight excluding hydrogens is 348 g/mol. The topological polar surface area (TPSA) is 53.2 Å². The van der Waals surface area contributed by atoms with E-state index in [9.17, 15) is 9.59 Å². The molecule has 0 spiro atoms. The van der Waals surface area contributed by atoms with Crippen molar-refractivity contribution in [1.82, 2.24) is 9.88 Å². The summed E-state index contributed by atoms with van der Waals surface area (Å²) in [4.78, 5) is 30.0. The molecule has 1 aromatic heterocycles. The average Bonchev–Trinajstić information content (AvgIpc) is 3.18. The second-order valence-electron chi connectivity index (χ2n) is 7.31. The van der Waals surface area contributed by atoms with Gasteiger partial charge in [0, 0.05) is 54.2 Å². The van der Waals surface area contributed by atoms with Crippen LogP contribution in [0.25, 0.3) is 16.5 Å². The predicted molar refractivity (Wildman–Crippen MR) is 112 cm³/mol. The quantitative estimate of drug-likeness (QED) is 0.657. The van der Waals surface area contributed by atoms with Crippen molar-refractivity contribution in [2.75, 3.05) is 13.1 Å². The highest BCUT2D eigenvalue weighted by atomic mass is 16.2. The van der Waals surface area contributed by atoms with Gasteiger partial charge in [-0.1, -0.05) is 54.6 Å². The van der Waals surface area contributed by atoms with E-state index < -0.39 is 0 Å². The molecule has 28 heavy (non-hydrogen) atoms. The van der Waals surface area contributed by atoms with Crippen molar-refractivity contribution < 1.29 is 9.59 Å². The third-order valence-corrected chi connectivity index (χ3v) is 5.49. The number of ketones is 1. The normalized spacial score (nSPS) is 14.2. The Labute approximate surface area is 164 Å². The minimum atomic E-state index is 0.0244. The summed E-state index contributed by atoms with van der Waals surface area (Å²) < 4.78 is 0. The van der Waals surface area contributed by atoms with E-state index >= 15 is 0 Å². The molecule has 1 aliphatic heterocycles. The minimum absolute atomic E-state index is 0.0244. The summed E-state index contributed by atoms with van der Waals surface area (Å²) in [7, 11) is 0. The van der Waals surface area contributed by atoms with Gasteiger partial charge in [-0.15, -0.1) is 0 Å². The number of nitrogens with one attached hydrogen (secondary N) is 1. The van der Waals surface area contributed by atoms with Crippen LogP contribution in [0.1, 0.15) is 40.7 Å². The van der Waals surface area contributed by atoms with Gasteiger partial charge in [-0.2, -0.15) is 0 Å². The fourth-order valence-electron chi connectivity index (χ4n) is 3.86. The number of nitrogens with zero attached hydrogens (tertiary/aromatic N) is 1. The molecule has 0 atom stereocenters. The predicted octanol–water partition coefficient (Wildman–Crippen LogP) is 4.76. The van der Waals surface area contributed by atoms with Crippen LogP contribution in [0.4, 0.5) is 0 Å². The van der Waals surface area contributed by atoms with Gasteiger partial charge in [0.15, 0.2) is 5.78 Å². The van der Waals surface area contributed by atoms with Crippen LogP contribution in [-0.2, 0) is 4.79 Å². The molecule has 0 bridgehead atoms. The molecule has 1 aliphatic rings. The summed E-state index contributed by atoms with van der Waals surface area (Å²) in [6, 6.07) is 15.5. The van der Waals surface area contributed by atoms with Gasteiger partial charge in [0.05, 0.1) is 0 Å². The van der Waals surface area contributed by atoms with Gasteiger partial charge < -0.3 is 9.88 Å². The molecule has 1 N–H and O–H groups in total. The number of hydrogen-bond acceptors (Lipinski definition) is 2. The number of aryl methyl sites for hydroxylation is 1. The summed E-state index contributed by atoms with van der Waals surface area (Å²) in [6.45, 7) is 3.41. The first-order valence-electron chi connectivity index (χ1n) is 9.75. The number of benzene rings is 2. The van der Waals surface area contributed by atoms with Gasteiger partial charge in [0.25, 0.3) is 0 Å². The maximum atomic E-state index is 12.5. The first-order valence-corrected chi connectivity index (χ1v) is 9.75. The summed E-state index contributed by atoms with van der Waals surface area (Å²) in [5, 5.41) is 1.24. The molecule has 2 heterocycles. The van der Waals surface area contributed by atoms with Crippen molar-refractivity contribution in [2.24, 2.45) is 0 Å². The van der Waals surface area contributed by atoms with Gasteiger partial charge in [-0.05, 0) is 24.5 Å². The highest BCUT2D eigenvalue weighted by Crippen LogP contribution is 2.30. The Balaban J connectivity index is 1.39. The number of rotatable bonds is 5. The molecule has 0 radical (unpaired) electrons. The van der Waals surface area contributed by atoms with Crippen LogP contribution in [0.5, 0.6) is 0 Å². The number of fused-ring (bicyclic) bond motifs is 1. The highest BCUT2D eigenvalue weighted by molar-refractivity contribution is 5.98. The van der Waals surface area contributed by atoms with Crippen LogP contribution < -0.4 is 0 Å². The minimum Gasteiger partial charge on any atom is -0.360 e. The molecule has 0 saturated carbocycles. The molecule has 4 heteroatoms. The Bertz CT molecular complexity index is 1050. The van der Waals surface area contributed by atoms with E-state index in [0.717, 1.165) is 6.42 Å². The molecule has 2 aromatic carbocycles. The SMILES string of the molecule is Cc1cccc2c(C3=CCN(C(=O)CCC(=O)c4ccccc4)CC3)c[nH]c12. The van der Waals surface area contributed by atoms with E-state index in [1.54, 1.807) is 12.1 Å². The zero-order chi connectivity index (χ0) is 19.5. The van der Waals surface area contributed by atoms with E-state index in [-0.39, 0.29) is 24.5 Å². The standard InChI is InChI=1S/C24H24N2O2/c1-17-6-5-9-20-21(16-25-24(17)20)18-12-14-26(15-13-18)23(28)11-10-22(27)19-7-3-2-4-8-19/h2-9,12,16,25H,10-11,13-15H2,1H3. The number of hydrogen-bond donors (Lipinski definition) is 1. The lowest BCUT2D eigenvalue weighted by atomic mass is 9.98. The van der Waals surface area contributed by atoms with Crippen molar-refractivity contribution in [3.8, 4) is 0 Å². The van der Waals surface area contributed by atoms with Gasteiger partial charge in [-0.25, -0.2) is 0 Å². The van der Waals surface area contributed by atoms with Crippen LogP contribution in [0.3, 0.4) is 0 Å². The number of Topliss-reactive ketones (excluding diaryl/α,β-unsaturated/α-hetero) is 1. The molecule has 4 nitrogen and oxygen atoms in total. The van der Waals surface area contributed by atoms with E-state index in [2.05, 4.69) is 42.4 Å². The Morgan fingerprint density at radius 1 is 1.04 bits per heavy atom. The summed E-state index contributed by atoms with van der Waals surface area (Å²) in [5.74, 6) is 0.0747. The second-order valence-corrected chi connectivity index (χ2v) is 7.31. The Kier molecular flexibility index (Phi) is 5.11. The number of aromatic nitrogens is 1. The second kappa shape index (κ2) is 7.85. The summed E-state index contributed by atoms with van der Waals surface area (Å²) in [5.41, 5.74) is 5.59. The van der Waals surface area contributed by atoms with Crippen molar-refractivity contribution in [3.05, 3.63) is 77.5 Å². The van der Waals surface area contributed by atoms with Gasteiger partial charge in [0.1, 0.15) is 0 Å². The van der Waals surface area contributed by atoms with Crippen LogP contribution in [0.15, 0.2) is 60.8 Å². The maximum Gasteiger partial charge on any atom is 0.223 e. The summed E-state index contributed by atoms with van der Waals surface area (Å²) in [6.07, 6.45) is 5.57. The first-order chi connectivity index (χ1) is 13.6. The molecule has 0 saturated heterocycles. The molecule has 0 unspecified atom stereocenters. The van der Waals surface area contributed by atoms with Crippen molar-refractivity contribution in [2.45, 2.75) is 26.2 Å². The molecule has 1 amide bonds. The first kappa shape index (κ1) is 18.2. The van der Waals surface area contributed by atoms with Gasteiger partial charge in [0.2, 0.25) is 5.91 Å². The molecular formula is C24H24N2O2. The van der Waals surface area contributed by atoms with Crippen molar-refractivity contribution >= 4 is 28.2 Å². The maximum absolute atomic E-state index is 12.5. The fourth-order valence-corrected chi connectivity index (χ4v) is 3.86.